The van der Waals surface area contributed by atoms with Crippen molar-refractivity contribution in [3.05, 3.63) is 23.8 Å². The first-order chi connectivity index (χ1) is 14.9. The lowest BCUT2D eigenvalue weighted by atomic mass is 9.84. The van der Waals surface area contributed by atoms with Gasteiger partial charge in [-0.15, -0.1) is 0 Å². The summed E-state index contributed by atoms with van der Waals surface area (Å²) < 4.78 is 10.8. The van der Waals surface area contributed by atoms with Gasteiger partial charge in [-0.2, -0.15) is 0 Å². The molecule has 1 aliphatic heterocycles. The molecular formula is C24H38N4O3. The van der Waals surface area contributed by atoms with Crippen molar-refractivity contribution in [3.63, 3.8) is 0 Å². The van der Waals surface area contributed by atoms with E-state index in [1.807, 2.05) is 17.0 Å². The normalized spacial score (nSPS) is 20.1. The van der Waals surface area contributed by atoms with Gasteiger partial charge in [-0.3, -0.25) is 9.79 Å². The van der Waals surface area contributed by atoms with Crippen molar-refractivity contribution < 1.29 is 14.3 Å². The van der Waals surface area contributed by atoms with Crippen LogP contribution in [0.1, 0.15) is 51.5 Å². The minimum absolute atomic E-state index is 0.142. The van der Waals surface area contributed by atoms with Gasteiger partial charge in [0.1, 0.15) is 0 Å². The number of likely N-dealkylation sites (tertiary alicyclic amines) is 1. The molecule has 1 saturated carbocycles. The summed E-state index contributed by atoms with van der Waals surface area (Å²) in [6.45, 7) is 6.67. The lowest BCUT2D eigenvalue weighted by Gasteiger charge is -2.28. The van der Waals surface area contributed by atoms with E-state index >= 15 is 0 Å². The molecule has 2 fully saturated rings. The number of nitrogens with zero attached hydrogens (tertiary/aromatic N) is 2. The van der Waals surface area contributed by atoms with Gasteiger partial charge in [0.15, 0.2) is 17.5 Å². The van der Waals surface area contributed by atoms with Gasteiger partial charge in [0.25, 0.3) is 0 Å². The summed E-state index contributed by atoms with van der Waals surface area (Å²) in [5, 5.41) is 6.97. The fourth-order valence-electron chi connectivity index (χ4n) is 4.56. The SMILES string of the molecule is CN=C(NCC(C)(C)c1ccc(OC)c(OC)c1)NC1CCN(C(=O)C2CCCC2)C1. The van der Waals surface area contributed by atoms with E-state index in [0.717, 1.165) is 55.4 Å². The lowest BCUT2D eigenvalue weighted by Crippen LogP contribution is -2.48. The van der Waals surface area contributed by atoms with E-state index in [0.29, 0.717) is 12.5 Å². The highest BCUT2D eigenvalue weighted by Crippen LogP contribution is 2.33. The van der Waals surface area contributed by atoms with E-state index in [-0.39, 0.29) is 17.4 Å². The van der Waals surface area contributed by atoms with Gasteiger partial charge in [-0.1, -0.05) is 32.8 Å². The van der Waals surface area contributed by atoms with Crippen LogP contribution in [-0.4, -0.2) is 63.7 Å². The summed E-state index contributed by atoms with van der Waals surface area (Å²) in [7, 11) is 5.08. The van der Waals surface area contributed by atoms with Crippen LogP contribution < -0.4 is 20.1 Å². The highest BCUT2D eigenvalue weighted by Gasteiger charge is 2.32. The second-order valence-corrected chi connectivity index (χ2v) is 9.27. The van der Waals surface area contributed by atoms with E-state index < -0.39 is 0 Å². The largest absolute Gasteiger partial charge is 0.493 e. The predicted octanol–water partition coefficient (Wildman–Crippen LogP) is 2.94. The highest BCUT2D eigenvalue weighted by atomic mass is 16.5. The summed E-state index contributed by atoms with van der Waals surface area (Å²) >= 11 is 0. The number of nitrogens with one attached hydrogen (secondary N) is 2. The molecule has 31 heavy (non-hydrogen) atoms. The third-order valence-corrected chi connectivity index (χ3v) is 6.63. The molecule has 1 unspecified atom stereocenters. The number of methoxy groups -OCH3 is 2. The molecule has 0 aromatic heterocycles. The van der Waals surface area contributed by atoms with Crippen LogP contribution in [-0.2, 0) is 10.2 Å². The smallest absolute Gasteiger partial charge is 0.225 e. The second-order valence-electron chi connectivity index (χ2n) is 9.27. The average molecular weight is 431 g/mol. The zero-order valence-electron chi connectivity index (χ0n) is 19.7. The Morgan fingerprint density at radius 3 is 2.52 bits per heavy atom. The molecule has 0 radical (unpaired) electrons. The maximum atomic E-state index is 12.7. The second kappa shape index (κ2) is 10.2. The first-order valence-electron chi connectivity index (χ1n) is 11.4. The highest BCUT2D eigenvalue weighted by molar-refractivity contribution is 5.81. The number of aliphatic imine (C=N–C) groups is 1. The van der Waals surface area contributed by atoms with Crippen molar-refractivity contribution in [1.29, 1.82) is 0 Å². The summed E-state index contributed by atoms with van der Waals surface area (Å²) in [4.78, 5) is 19.1. The van der Waals surface area contributed by atoms with E-state index in [1.54, 1.807) is 21.3 Å². The van der Waals surface area contributed by atoms with Gasteiger partial charge in [0, 0.05) is 44.1 Å². The molecule has 0 bridgehead atoms. The molecule has 1 saturated heterocycles. The van der Waals surface area contributed by atoms with Crippen LogP contribution in [0, 0.1) is 5.92 Å². The molecular weight excluding hydrogens is 392 g/mol. The standard InChI is InChI=1S/C24H38N4O3/c1-24(2,18-10-11-20(30-4)21(14-18)31-5)16-26-23(25-3)27-19-12-13-28(15-19)22(29)17-8-6-7-9-17/h10-11,14,17,19H,6-9,12-13,15-16H2,1-5H3,(H2,25,26,27). The first kappa shape index (κ1) is 23.2. The Morgan fingerprint density at radius 2 is 1.87 bits per heavy atom. The third kappa shape index (κ3) is 5.63. The Bertz CT molecular complexity index is 787. The van der Waals surface area contributed by atoms with Gasteiger partial charge in [0.2, 0.25) is 5.91 Å². The molecule has 1 atom stereocenters. The van der Waals surface area contributed by atoms with E-state index in [2.05, 4.69) is 35.5 Å². The van der Waals surface area contributed by atoms with Crippen molar-refractivity contribution in [2.24, 2.45) is 10.9 Å². The molecule has 1 aromatic carbocycles. The number of hydrogen-bond acceptors (Lipinski definition) is 4. The van der Waals surface area contributed by atoms with Crippen molar-refractivity contribution in [1.82, 2.24) is 15.5 Å². The zero-order chi connectivity index (χ0) is 22.4. The Balaban J connectivity index is 1.53. The molecule has 3 rings (SSSR count). The molecule has 1 aromatic rings. The minimum atomic E-state index is -0.142. The van der Waals surface area contributed by atoms with Crippen molar-refractivity contribution in [2.75, 3.05) is 40.9 Å². The quantitative estimate of drug-likeness (QED) is 0.514. The number of carbonyl (C=O) groups excluding carboxylic acids is 1. The Kier molecular flexibility index (Phi) is 7.68. The summed E-state index contributed by atoms with van der Waals surface area (Å²) in [5.41, 5.74) is 1.01. The van der Waals surface area contributed by atoms with E-state index in [1.165, 1.54) is 12.8 Å². The molecule has 1 amide bonds. The molecule has 2 N–H and O–H groups in total. The maximum absolute atomic E-state index is 12.7. The van der Waals surface area contributed by atoms with Gasteiger partial charge in [-0.25, -0.2) is 0 Å². The first-order valence-corrected chi connectivity index (χ1v) is 11.4. The van der Waals surface area contributed by atoms with Gasteiger partial charge < -0.3 is 25.0 Å². The zero-order valence-corrected chi connectivity index (χ0v) is 19.7. The minimum Gasteiger partial charge on any atom is -0.493 e. The Hall–Kier alpha value is -2.44. The van der Waals surface area contributed by atoms with E-state index in [9.17, 15) is 4.79 Å². The van der Waals surface area contributed by atoms with Crippen LogP contribution in [0.4, 0.5) is 0 Å². The summed E-state index contributed by atoms with van der Waals surface area (Å²) in [6, 6.07) is 6.28. The van der Waals surface area contributed by atoms with Crippen LogP contribution in [0.25, 0.3) is 0 Å². The van der Waals surface area contributed by atoms with Crippen LogP contribution in [0.2, 0.25) is 0 Å². The van der Waals surface area contributed by atoms with Crippen LogP contribution >= 0.6 is 0 Å². The summed E-state index contributed by atoms with van der Waals surface area (Å²) in [6.07, 6.45) is 5.46. The molecule has 0 spiro atoms. The average Bonchev–Trinajstić information content (AvgIpc) is 3.48. The number of amides is 1. The fraction of sp³-hybridized carbons (Fsp3) is 0.667. The molecule has 2 aliphatic rings. The number of ether oxygens (including phenoxy) is 2. The fourth-order valence-corrected chi connectivity index (χ4v) is 4.56. The van der Waals surface area contributed by atoms with Crippen LogP contribution in [0.3, 0.4) is 0 Å². The van der Waals surface area contributed by atoms with Gasteiger partial charge in [0.05, 0.1) is 14.2 Å². The summed E-state index contributed by atoms with van der Waals surface area (Å²) in [5.74, 6) is 2.82. The van der Waals surface area contributed by atoms with Crippen LogP contribution in [0.5, 0.6) is 11.5 Å². The van der Waals surface area contributed by atoms with Gasteiger partial charge >= 0.3 is 0 Å². The van der Waals surface area contributed by atoms with Crippen molar-refractivity contribution >= 4 is 11.9 Å². The topological polar surface area (TPSA) is 75.2 Å². The molecule has 172 valence electrons. The number of carbonyl (C=O) groups is 1. The lowest BCUT2D eigenvalue weighted by molar-refractivity contribution is -0.134. The number of rotatable bonds is 7. The molecule has 7 heteroatoms. The monoisotopic (exact) mass is 430 g/mol. The third-order valence-electron chi connectivity index (χ3n) is 6.63. The maximum Gasteiger partial charge on any atom is 0.225 e. The predicted molar refractivity (Wildman–Crippen MR) is 124 cm³/mol. The Labute approximate surface area is 186 Å². The van der Waals surface area contributed by atoms with Gasteiger partial charge in [-0.05, 0) is 37.0 Å². The number of guanidine groups is 1. The van der Waals surface area contributed by atoms with Crippen molar-refractivity contribution in [2.45, 2.75) is 57.4 Å². The number of benzene rings is 1. The molecule has 1 aliphatic carbocycles. The Morgan fingerprint density at radius 1 is 1.16 bits per heavy atom. The molecule has 1 heterocycles. The molecule has 7 nitrogen and oxygen atoms in total. The van der Waals surface area contributed by atoms with Crippen molar-refractivity contribution in [3.8, 4) is 11.5 Å². The van der Waals surface area contributed by atoms with Crippen LogP contribution in [0.15, 0.2) is 23.2 Å². The van der Waals surface area contributed by atoms with E-state index in [4.69, 9.17) is 9.47 Å². The number of hydrogen-bond donors (Lipinski definition) is 2.